The van der Waals surface area contributed by atoms with E-state index >= 15 is 0 Å². The van der Waals surface area contributed by atoms with E-state index in [1.165, 1.54) is 38.9 Å². The highest BCUT2D eigenvalue weighted by Crippen LogP contribution is 2.34. The summed E-state index contributed by atoms with van der Waals surface area (Å²) in [6.07, 6.45) is 2.67. The number of thiophene rings is 1. The summed E-state index contributed by atoms with van der Waals surface area (Å²) in [6.45, 7) is 6.20. The summed E-state index contributed by atoms with van der Waals surface area (Å²) in [4.78, 5) is 1.44. The summed E-state index contributed by atoms with van der Waals surface area (Å²) in [5.74, 6) is 0.572. The Balaban J connectivity index is 1.97. The molecule has 1 aliphatic carbocycles. The van der Waals surface area contributed by atoms with E-state index in [1.807, 2.05) is 11.3 Å². The van der Waals surface area contributed by atoms with Gasteiger partial charge in [0.1, 0.15) is 0 Å². The maximum Gasteiger partial charge on any atom is 0.0730 e. The van der Waals surface area contributed by atoms with Crippen LogP contribution in [0.25, 0.3) is 10.1 Å². The fourth-order valence-electron chi connectivity index (χ4n) is 2.55. The van der Waals surface area contributed by atoms with Crippen LogP contribution in [0.5, 0.6) is 0 Å². The summed E-state index contributed by atoms with van der Waals surface area (Å²) in [7, 11) is 1.79. The van der Waals surface area contributed by atoms with Crippen LogP contribution in [0, 0.1) is 0 Å². The number of methoxy groups -OCH3 is 1. The van der Waals surface area contributed by atoms with Crippen LogP contribution in [-0.4, -0.2) is 13.2 Å². The molecule has 0 amide bonds. The third kappa shape index (κ3) is 2.90. The Morgan fingerprint density at radius 2 is 2.15 bits per heavy atom. The van der Waals surface area contributed by atoms with E-state index in [4.69, 9.17) is 4.74 Å². The maximum absolute atomic E-state index is 5.44. The number of rotatable bonds is 6. The van der Waals surface area contributed by atoms with Crippen LogP contribution in [0.3, 0.4) is 0 Å². The first-order chi connectivity index (χ1) is 9.69. The van der Waals surface area contributed by atoms with Crippen LogP contribution in [-0.2, 0) is 17.9 Å². The number of nitrogens with one attached hydrogen (secondary N) is 1. The molecule has 0 radical (unpaired) electrons. The lowest BCUT2D eigenvalue weighted by Crippen LogP contribution is -2.15. The van der Waals surface area contributed by atoms with E-state index in [1.54, 1.807) is 7.11 Å². The smallest absolute Gasteiger partial charge is 0.0730 e. The first-order valence-corrected chi connectivity index (χ1v) is 8.27. The van der Waals surface area contributed by atoms with Crippen molar-refractivity contribution >= 4 is 21.4 Å². The summed E-state index contributed by atoms with van der Waals surface area (Å²) in [5.41, 5.74) is 2.79. The molecule has 0 spiro atoms. The standard InChI is InChI=1S/C17H23NOS/c1-11(2)12-4-7-16-14(8-12)15(10-19-3)17(20-16)9-18-13-5-6-13/h4,7-8,11,13,18H,5-6,9-10H2,1-3H3. The third-order valence-electron chi connectivity index (χ3n) is 3.98. The predicted octanol–water partition coefficient (Wildman–Crippen LogP) is 4.42. The quantitative estimate of drug-likeness (QED) is 0.849. The molecular weight excluding hydrogens is 266 g/mol. The van der Waals surface area contributed by atoms with Gasteiger partial charge in [0.25, 0.3) is 0 Å². The molecule has 3 heteroatoms. The monoisotopic (exact) mass is 289 g/mol. The Kier molecular flexibility index (Phi) is 4.11. The lowest BCUT2D eigenvalue weighted by molar-refractivity contribution is 0.185. The second kappa shape index (κ2) is 5.84. The van der Waals surface area contributed by atoms with E-state index in [0.717, 1.165) is 12.6 Å². The number of fused-ring (bicyclic) bond motifs is 1. The van der Waals surface area contributed by atoms with Crippen molar-refractivity contribution < 1.29 is 4.74 Å². The molecule has 1 heterocycles. The fraction of sp³-hybridized carbons (Fsp3) is 0.529. The molecule has 0 unspecified atom stereocenters. The highest BCUT2D eigenvalue weighted by Gasteiger charge is 2.21. The van der Waals surface area contributed by atoms with Gasteiger partial charge in [0, 0.05) is 34.8 Å². The third-order valence-corrected chi connectivity index (χ3v) is 5.20. The molecule has 3 rings (SSSR count). The van der Waals surface area contributed by atoms with E-state index in [2.05, 4.69) is 37.4 Å². The van der Waals surface area contributed by atoms with Crippen molar-refractivity contribution in [1.82, 2.24) is 5.32 Å². The summed E-state index contributed by atoms with van der Waals surface area (Å²) >= 11 is 1.91. The van der Waals surface area contributed by atoms with Gasteiger partial charge in [0.2, 0.25) is 0 Å². The second-order valence-electron chi connectivity index (χ2n) is 6.00. The van der Waals surface area contributed by atoms with Crippen molar-refractivity contribution in [2.75, 3.05) is 7.11 Å². The van der Waals surface area contributed by atoms with Crippen LogP contribution >= 0.6 is 11.3 Å². The SMILES string of the molecule is COCc1c(CNC2CC2)sc2ccc(C(C)C)cc12. The Labute approximate surface area is 125 Å². The van der Waals surface area contributed by atoms with Crippen LogP contribution in [0.4, 0.5) is 0 Å². The normalized spacial score (nSPS) is 15.4. The van der Waals surface area contributed by atoms with Crippen molar-refractivity contribution in [2.45, 2.75) is 51.8 Å². The molecule has 20 heavy (non-hydrogen) atoms. The van der Waals surface area contributed by atoms with Crippen molar-refractivity contribution in [1.29, 1.82) is 0 Å². The van der Waals surface area contributed by atoms with Gasteiger partial charge in [-0.3, -0.25) is 0 Å². The molecule has 0 atom stereocenters. The highest BCUT2D eigenvalue weighted by atomic mass is 32.1. The van der Waals surface area contributed by atoms with Gasteiger partial charge in [-0.25, -0.2) is 0 Å². The Hall–Kier alpha value is -0.900. The van der Waals surface area contributed by atoms with E-state index in [0.29, 0.717) is 12.5 Å². The summed E-state index contributed by atoms with van der Waals surface area (Å²) in [5, 5.41) is 5.01. The van der Waals surface area contributed by atoms with Gasteiger partial charge in [-0.05, 0) is 41.8 Å². The molecule has 108 valence electrons. The molecule has 1 aromatic carbocycles. The van der Waals surface area contributed by atoms with Crippen LogP contribution in [0.15, 0.2) is 18.2 Å². The zero-order valence-corrected chi connectivity index (χ0v) is 13.3. The fourth-order valence-corrected chi connectivity index (χ4v) is 3.69. The molecule has 0 aliphatic heterocycles. The van der Waals surface area contributed by atoms with E-state index in [9.17, 15) is 0 Å². The number of hydrogen-bond acceptors (Lipinski definition) is 3. The molecule has 1 fully saturated rings. The van der Waals surface area contributed by atoms with Gasteiger partial charge in [-0.2, -0.15) is 0 Å². The molecule has 1 saturated carbocycles. The molecule has 2 nitrogen and oxygen atoms in total. The molecular formula is C17H23NOS. The zero-order valence-electron chi connectivity index (χ0n) is 12.5. The Morgan fingerprint density at radius 1 is 1.35 bits per heavy atom. The molecule has 1 aliphatic rings. The minimum atomic E-state index is 0.572. The van der Waals surface area contributed by atoms with Crippen molar-refractivity contribution in [2.24, 2.45) is 0 Å². The van der Waals surface area contributed by atoms with Crippen LogP contribution in [0.1, 0.15) is 48.6 Å². The van der Waals surface area contributed by atoms with E-state index in [-0.39, 0.29) is 0 Å². The number of ether oxygens (including phenoxy) is 1. The summed E-state index contributed by atoms with van der Waals surface area (Å²) < 4.78 is 6.82. The molecule has 0 saturated heterocycles. The molecule has 1 aromatic heterocycles. The van der Waals surface area contributed by atoms with Crippen LogP contribution < -0.4 is 5.32 Å². The zero-order chi connectivity index (χ0) is 14.1. The minimum Gasteiger partial charge on any atom is -0.380 e. The van der Waals surface area contributed by atoms with E-state index < -0.39 is 0 Å². The van der Waals surface area contributed by atoms with Gasteiger partial charge < -0.3 is 10.1 Å². The predicted molar refractivity (Wildman–Crippen MR) is 86.5 cm³/mol. The van der Waals surface area contributed by atoms with Gasteiger partial charge in [-0.1, -0.05) is 19.9 Å². The minimum absolute atomic E-state index is 0.572. The number of benzene rings is 1. The average Bonchev–Trinajstić information content (AvgIpc) is 3.20. The second-order valence-corrected chi connectivity index (χ2v) is 7.14. The van der Waals surface area contributed by atoms with Gasteiger partial charge in [0.05, 0.1) is 6.61 Å². The first kappa shape index (κ1) is 14.1. The maximum atomic E-state index is 5.44. The lowest BCUT2D eigenvalue weighted by Gasteiger charge is -2.07. The summed E-state index contributed by atoms with van der Waals surface area (Å²) in [6, 6.07) is 7.64. The number of hydrogen-bond donors (Lipinski definition) is 1. The van der Waals surface area contributed by atoms with Crippen molar-refractivity contribution in [3.8, 4) is 0 Å². The molecule has 1 N–H and O–H groups in total. The topological polar surface area (TPSA) is 21.3 Å². The average molecular weight is 289 g/mol. The molecule has 2 aromatic rings. The van der Waals surface area contributed by atoms with Gasteiger partial charge in [-0.15, -0.1) is 11.3 Å². The van der Waals surface area contributed by atoms with Crippen LogP contribution in [0.2, 0.25) is 0 Å². The molecule has 0 bridgehead atoms. The van der Waals surface area contributed by atoms with Gasteiger partial charge >= 0.3 is 0 Å². The Morgan fingerprint density at radius 3 is 2.80 bits per heavy atom. The highest BCUT2D eigenvalue weighted by molar-refractivity contribution is 7.19. The Bertz CT molecular complexity index is 598. The largest absolute Gasteiger partial charge is 0.380 e. The lowest BCUT2D eigenvalue weighted by atomic mass is 10.0. The van der Waals surface area contributed by atoms with Crippen molar-refractivity contribution in [3.63, 3.8) is 0 Å². The first-order valence-electron chi connectivity index (χ1n) is 7.45. The van der Waals surface area contributed by atoms with Gasteiger partial charge in [0.15, 0.2) is 0 Å². The van der Waals surface area contributed by atoms with Crippen molar-refractivity contribution in [3.05, 3.63) is 34.2 Å².